The molecule has 0 N–H and O–H groups in total. The van der Waals surface area contributed by atoms with Crippen LogP contribution in [-0.2, 0) is 10.8 Å². The first-order valence-corrected chi connectivity index (χ1v) is 18.6. The van der Waals surface area contributed by atoms with Crippen molar-refractivity contribution in [2.75, 3.05) is 0 Å². The highest BCUT2D eigenvalue weighted by atomic mass is 15.0. The smallest absolute Gasteiger partial charge is 0.160 e. The van der Waals surface area contributed by atoms with Gasteiger partial charge in [-0.2, -0.15) is 0 Å². The van der Waals surface area contributed by atoms with E-state index in [1.165, 1.54) is 66.3 Å². The van der Waals surface area contributed by atoms with Gasteiger partial charge in [0.2, 0.25) is 0 Å². The van der Waals surface area contributed by atoms with Gasteiger partial charge in [0.25, 0.3) is 0 Å². The highest BCUT2D eigenvalue weighted by Gasteiger charge is 2.47. The predicted octanol–water partition coefficient (Wildman–Crippen LogP) is 12.7. The molecular formula is C50H37N3. The van der Waals surface area contributed by atoms with E-state index in [-0.39, 0.29) is 10.8 Å². The largest absolute Gasteiger partial charge is 0.309 e. The molecule has 0 aliphatic heterocycles. The Balaban J connectivity index is 1.31. The summed E-state index contributed by atoms with van der Waals surface area (Å²) in [5, 5.41) is 3.66. The van der Waals surface area contributed by atoms with E-state index in [1.807, 2.05) is 18.2 Å². The second kappa shape index (κ2) is 10.6. The molecule has 9 aromatic rings. The predicted molar refractivity (Wildman–Crippen MR) is 220 cm³/mol. The van der Waals surface area contributed by atoms with Crippen molar-refractivity contribution < 1.29 is 0 Å². The van der Waals surface area contributed by atoms with Gasteiger partial charge in [-0.25, -0.2) is 9.97 Å². The van der Waals surface area contributed by atoms with E-state index in [0.717, 1.165) is 39.2 Å². The van der Waals surface area contributed by atoms with Crippen molar-refractivity contribution in [2.45, 2.75) is 38.5 Å². The highest BCUT2D eigenvalue weighted by Crippen LogP contribution is 2.63. The molecule has 0 radical (unpaired) electrons. The minimum atomic E-state index is -0.190. The zero-order valence-corrected chi connectivity index (χ0v) is 30.3. The van der Waals surface area contributed by atoms with Gasteiger partial charge in [0.15, 0.2) is 5.82 Å². The number of fused-ring (bicyclic) bond motifs is 13. The summed E-state index contributed by atoms with van der Waals surface area (Å²) in [6.07, 6.45) is 0. The Labute approximate surface area is 309 Å². The zero-order chi connectivity index (χ0) is 35.6. The molecule has 0 unspecified atom stereocenters. The maximum Gasteiger partial charge on any atom is 0.160 e. The topological polar surface area (TPSA) is 30.7 Å². The lowest BCUT2D eigenvalue weighted by Gasteiger charge is -2.27. The van der Waals surface area contributed by atoms with Crippen molar-refractivity contribution >= 4 is 32.7 Å². The number of nitrogens with zero attached hydrogens (tertiary/aromatic N) is 3. The molecule has 2 aromatic heterocycles. The molecule has 0 spiro atoms. The van der Waals surface area contributed by atoms with Gasteiger partial charge in [-0.05, 0) is 63.2 Å². The summed E-state index contributed by atoms with van der Waals surface area (Å²) >= 11 is 0. The lowest BCUT2D eigenvalue weighted by molar-refractivity contribution is 0.651. The fraction of sp³-hybridized carbons (Fsp3) is 0.120. The highest BCUT2D eigenvalue weighted by molar-refractivity contribution is 6.21. The Morgan fingerprint density at radius 1 is 0.491 bits per heavy atom. The quantitative estimate of drug-likeness (QED) is 0.186. The average Bonchev–Trinajstić information content (AvgIpc) is 3.75. The van der Waals surface area contributed by atoms with Crippen LogP contribution in [0, 0.1) is 0 Å². The molecule has 11 rings (SSSR count). The Kier molecular flexibility index (Phi) is 6.07. The number of hydrogen-bond donors (Lipinski definition) is 0. The normalized spacial score (nSPS) is 14.7. The number of rotatable bonds is 3. The lowest BCUT2D eigenvalue weighted by Crippen LogP contribution is -2.19. The minimum Gasteiger partial charge on any atom is -0.309 e. The minimum absolute atomic E-state index is 0.190. The summed E-state index contributed by atoms with van der Waals surface area (Å²) in [5.74, 6) is 0.732. The third-order valence-electron chi connectivity index (χ3n) is 12.1. The van der Waals surface area contributed by atoms with Crippen LogP contribution in [0.15, 0.2) is 152 Å². The number of para-hydroxylation sites is 1. The van der Waals surface area contributed by atoms with E-state index < -0.39 is 0 Å². The Hall–Kier alpha value is -6.32. The molecule has 3 heteroatoms. The Bertz CT molecular complexity index is 2980. The summed E-state index contributed by atoms with van der Waals surface area (Å²) in [6.45, 7) is 9.70. The van der Waals surface area contributed by atoms with Crippen molar-refractivity contribution in [2.24, 2.45) is 0 Å². The van der Waals surface area contributed by atoms with Crippen LogP contribution in [0.4, 0.5) is 0 Å². The standard InChI is InChI=1S/C50H37N3/c1-49(2)37-24-14-11-21-33(37)41-44-42(34-22-12-15-25-38(34)50(44,3)4)47-43(45(41)49)35-23-13-16-26-40(35)53(47)32-27-28-39-36(29-32)46(30-17-7-5-8-18-30)52-48(51-39)31-19-9-6-10-20-31/h5-29H,1-4H3. The van der Waals surface area contributed by atoms with Gasteiger partial charge >= 0.3 is 0 Å². The van der Waals surface area contributed by atoms with Gasteiger partial charge in [0.1, 0.15) is 0 Å². The fourth-order valence-electron chi connectivity index (χ4n) is 9.82. The van der Waals surface area contributed by atoms with Crippen LogP contribution in [0.1, 0.15) is 49.9 Å². The molecule has 0 atom stereocenters. The van der Waals surface area contributed by atoms with E-state index in [0.29, 0.717) is 0 Å². The van der Waals surface area contributed by atoms with Crippen LogP contribution in [0.25, 0.3) is 83.3 Å². The maximum absolute atomic E-state index is 5.26. The summed E-state index contributed by atoms with van der Waals surface area (Å²) in [6, 6.07) is 54.8. The molecule has 0 saturated carbocycles. The molecule has 53 heavy (non-hydrogen) atoms. The molecule has 0 amide bonds. The SMILES string of the molecule is CC1(C)c2ccccc2-c2c1c1c(c3c4ccccc4n(-c4ccc5nc(-c6ccccc6)nc(-c6ccccc6)c5c4)c23)C(C)(C)c2ccccc2-1. The molecule has 7 aromatic carbocycles. The van der Waals surface area contributed by atoms with Crippen LogP contribution >= 0.6 is 0 Å². The number of benzene rings is 7. The molecule has 2 aliphatic rings. The van der Waals surface area contributed by atoms with Crippen LogP contribution in [-0.4, -0.2) is 14.5 Å². The van der Waals surface area contributed by atoms with Crippen molar-refractivity contribution in [3.05, 3.63) is 174 Å². The monoisotopic (exact) mass is 679 g/mol. The summed E-state index contributed by atoms with van der Waals surface area (Å²) in [7, 11) is 0. The van der Waals surface area contributed by atoms with Crippen molar-refractivity contribution in [3.8, 4) is 50.6 Å². The fourth-order valence-corrected chi connectivity index (χ4v) is 9.82. The third kappa shape index (κ3) is 4.00. The van der Waals surface area contributed by atoms with Crippen LogP contribution in [0.5, 0.6) is 0 Å². The molecule has 0 fully saturated rings. The number of aromatic nitrogens is 3. The molecule has 0 bridgehead atoms. The Morgan fingerprint density at radius 2 is 1.08 bits per heavy atom. The molecule has 2 aliphatic carbocycles. The molecule has 252 valence electrons. The first kappa shape index (κ1) is 30.3. The van der Waals surface area contributed by atoms with Gasteiger partial charge in [0.05, 0.1) is 22.2 Å². The van der Waals surface area contributed by atoms with E-state index in [9.17, 15) is 0 Å². The summed E-state index contributed by atoms with van der Waals surface area (Å²) < 4.78 is 2.54. The lowest BCUT2D eigenvalue weighted by atomic mass is 9.75. The van der Waals surface area contributed by atoms with Crippen molar-refractivity contribution in [3.63, 3.8) is 0 Å². The first-order valence-electron chi connectivity index (χ1n) is 18.6. The summed E-state index contributed by atoms with van der Waals surface area (Å²) in [4.78, 5) is 10.4. The van der Waals surface area contributed by atoms with Crippen molar-refractivity contribution in [1.29, 1.82) is 0 Å². The van der Waals surface area contributed by atoms with E-state index in [1.54, 1.807) is 0 Å². The summed E-state index contributed by atoms with van der Waals surface area (Å²) in [5.41, 5.74) is 18.3. The zero-order valence-electron chi connectivity index (χ0n) is 30.3. The molecule has 2 heterocycles. The van der Waals surface area contributed by atoms with Gasteiger partial charge < -0.3 is 4.57 Å². The van der Waals surface area contributed by atoms with Crippen LogP contribution in [0.3, 0.4) is 0 Å². The van der Waals surface area contributed by atoms with E-state index in [2.05, 4.69) is 166 Å². The van der Waals surface area contributed by atoms with Crippen LogP contribution in [0.2, 0.25) is 0 Å². The van der Waals surface area contributed by atoms with Gasteiger partial charge in [0, 0.05) is 49.4 Å². The van der Waals surface area contributed by atoms with Gasteiger partial charge in [-0.3, -0.25) is 0 Å². The van der Waals surface area contributed by atoms with E-state index in [4.69, 9.17) is 9.97 Å². The maximum atomic E-state index is 5.26. The number of hydrogen-bond acceptors (Lipinski definition) is 2. The molecular weight excluding hydrogens is 643 g/mol. The third-order valence-corrected chi connectivity index (χ3v) is 12.1. The van der Waals surface area contributed by atoms with E-state index >= 15 is 0 Å². The second-order valence-electron chi connectivity index (χ2n) is 15.7. The van der Waals surface area contributed by atoms with Crippen LogP contribution < -0.4 is 0 Å². The Morgan fingerprint density at radius 3 is 1.79 bits per heavy atom. The molecule has 3 nitrogen and oxygen atoms in total. The van der Waals surface area contributed by atoms with Gasteiger partial charge in [-0.1, -0.05) is 155 Å². The van der Waals surface area contributed by atoms with Crippen molar-refractivity contribution in [1.82, 2.24) is 14.5 Å². The average molecular weight is 680 g/mol. The second-order valence-corrected chi connectivity index (χ2v) is 15.7. The van der Waals surface area contributed by atoms with Gasteiger partial charge in [-0.15, -0.1) is 0 Å². The molecule has 0 saturated heterocycles. The first-order chi connectivity index (χ1) is 25.8.